The van der Waals surface area contributed by atoms with Gasteiger partial charge in [-0.15, -0.1) is 0 Å². The van der Waals surface area contributed by atoms with Gasteiger partial charge in [-0.05, 0) is 68.2 Å². The minimum Gasteiger partial charge on any atom is -0.293 e. The molecule has 4 unspecified atom stereocenters. The number of hydroxylamine groups is 2. The van der Waals surface area contributed by atoms with Crippen LogP contribution in [-0.4, -0.2) is 23.8 Å². The van der Waals surface area contributed by atoms with Crippen LogP contribution in [0, 0.1) is 18.8 Å². The normalized spacial score (nSPS) is 38.0. The molecule has 0 N–H and O–H groups in total. The van der Waals surface area contributed by atoms with E-state index in [-0.39, 0.29) is 11.0 Å². The zero-order chi connectivity index (χ0) is 16.3. The van der Waals surface area contributed by atoms with Crippen molar-refractivity contribution in [2.45, 2.75) is 64.5 Å². The first kappa shape index (κ1) is 16.3. The zero-order valence-electron chi connectivity index (χ0n) is 14.6. The van der Waals surface area contributed by atoms with Crippen molar-refractivity contribution in [3.63, 3.8) is 0 Å². The Bertz CT molecular complexity index is 585. The highest BCUT2D eigenvalue weighted by atomic mass is 35.5. The lowest BCUT2D eigenvalue weighted by Gasteiger charge is -2.47. The van der Waals surface area contributed by atoms with Gasteiger partial charge in [-0.25, -0.2) is 0 Å². The molecule has 1 aromatic rings. The van der Waals surface area contributed by atoms with E-state index in [1.165, 1.54) is 17.5 Å². The highest BCUT2D eigenvalue weighted by Crippen LogP contribution is 2.53. The van der Waals surface area contributed by atoms with Gasteiger partial charge in [0.2, 0.25) is 0 Å². The van der Waals surface area contributed by atoms with Gasteiger partial charge in [0.15, 0.2) is 0 Å². The van der Waals surface area contributed by atoms with Crippen LogP contribution >= 0.6 is 11.6 Å². The van der Waals surface area contributed by atoms with Crippen molar-refractivity contribution < 1.29 is 4.84 Å². The Morgan fingerprint density at radius 2 is 1.91 bits per heavy atom. The van der Waals surface area contributed by atoms with Crippen LogP contribution in [0.1, 0.15) is 51.7 Å². The summed E-state index contributed by atoms with van der Waals surface area (Å²) in [5.74, 6) is 1.15. The van der Waals surface area contributed by atoms with Crippen molar-refractivity contribution in [1.82, 2.24) is 5.06 Å². The molecule has 122 valence electrons. The maximum absolute atomic E-state index is 6.29. The van der Waals surface area contributed by atoms with E-state index in [4.69, 9.17) is 16.4 Å². The molecule has 1 aliphatic carbocycles. The fraction of sp³-hybridized carbons (Fsp3) is 0.684. The summed E-state index contributed by atoms with van der Waals surface area (Å²) < 4.78 is 0. The molecule has 3 heteroatoms. The van der Waals surface area contributed by atoms with Crippen LogP contribution in [0.15, 0.2) is 18.2 Å². The molecule has 4 atom stereocenters. The Morgan fingerprint density at radius 1 is 1.23 bits per heavy atom. The number of rotatable bonds is 1. The minimum atomic E-state index is -0.0954. The van der Waals surface area contributed by atoms with E-state index in [2.05, 4.69) is 58.9 Å². The maximum Gasteiger partial charge on any atom is 0.0887 e. The second-order valence-electron chi connectivity index (χ2n) is 8.24. The largest absolute Gasteiger partial charge is 0.293 e. The predicted octanol–water partition coefficient (Wildman–Crippen LogP) is 4.98. The van der Waals surface area contributed by atoms with Crippen LogP contribution in [0.2, 0.25) is 5.02 Å². The molecule has 1 aromatic carbocycles. The molecule has 0 aromatic heterocycles. The molecule has 1 aliphatic heterocycles. The molecule has 1 saturated heterocycles. The highest BCUT2D eigenvalue weighted by molar-refractivity contribution is 6.30. The summed E-state index contributed by atoms with van der Waals surface area (Å²) in [5.41, 5.74) is 2.83. The molecule has 1 saturated carbocycles. The number of fused-ring (bicyclic) bond motifs is 1. The predicted molar refractivity (Wildman–Crippen MR) is 92.1 cm³/mol. The smallest absolute Gasteiger partial charge is 0.0887 e. The van der Waals surface area contributed by atoms with E-state index in [1.54, 1.807) is 0 Å². The average molecular weight is 322 g/mol. The Balaban J connectivity index is 2.01. The van der Waals surface area contributed by atoms with Crippen LogP contribution < -0.4 is 0 Å². The Labute approximate surface area is 139 Å². The summed E-state index contributed by atoms with van der Waals surface area (Å²) in [7, 11) is 2.09. The summed E-state index contributed by atoms with van der Waals surface area (Å²) in [6, 6.07) is 6.84. The quantitative estimate of drug-likeness (QED) is 0.723. The number of nitrogens with zero attached hydrogens (tertiary/aromatic N) is 1. The molecule has 22 heavy (non-hydrogen) atoms. The lowest BCUT2D eigenvalue weighted by atomic mass is 9.58. The summed E-state index contributed by atoms with van der Waals surface area (Å²) in [5, 5.41) is 2.95. The molecule has 0 spiro atoms. The van der Waals surface area contributed by atoms with Gasteiger partial charge in [-0.1, -0.05) is 31.5 Å². The van der Waals surface area contributed by atoms with Gasteiger partial charge in [0.25, 0.3) is 0 Å². The van der Waals surface area contributed by atoms with Crippen LogP contribution in [0.3, 0.4) is 0 Å². The third kappa shape index (κ3) is 2.50. The number of hydrogen-bond acceptors (Lipinski definition) is 2. The topological polar surface area (TPSA) is 12.5 Å². The number of hydrogen-bond donors (Lipinski definition) is 0. The summed E-state index contributed by atoms with van der Waals surface area (Å²) >= 11 is 6.29. The van der Waals surface area contributed by atoms with Gasteiger partial charge in [0, 0.05) is 24.0 Å². The van der Waals surface area contributed by atoms with Gasteiger partial charge >= 0.3 is 0 Å². The van der Waals surface area contributed by atoms with Gasteiger partial charge in [-0.2, -0.15) is 5.06 Å². The van der Waals surface area contributed by atoms with Crippen molar-refractivity contribution >= 4 is 11.6 Å². The number of aryl methyl sites for hydroxylation is 1. The number of benzene rings is 1. The molecular weight excluding hydrogens is 294 g/mol. The van der Waals surface area contributed by atoms with Crippen molar-refractivity contribution in [2.75, 3.05) is 7.05 Å². The summed E-state index contributed by atoms with van der Waals surface area (Å²) in [4.78, 5) is 6.16. The third-order valence-corrected chi connectivity index (χ3v) is 6.22. The van der Waals surface area contributed by atoms with Crippen molar-refractivity contribution in [3.05, 3.63) is 34.3 Å². The first-order chi connectivity index (χ1) is 10.1. The van der Waals surface area contributed by atoms with Crippen LogP contribution in [-0.2, 0) is 10.3 Å². The fourth-order valence-corrected chi connectivity index (χ4v) is 5.32. The number of halogens is 1. The van der Waals surface area contributed by atoms with Gasteiger partial charge in [0.1, 0.15) is 0 Å². The first-order valence-corrected chi connectivity index (χ1v) is 8.70. The van der Waals surface area contributed by atoms with Crippen molar-refractivity contribution in [2.24, 2.45) is 11.8 Å². The van der Waals surface area contributed by atoms with E-state index < -0.39 is 0 Å². The molecule has 0 amide bonds. The molecule has 0 bridgehead atoms. The molecule has 0 radical (unpaired) electrons. The lowest BCUT2D eigenvalue weighted by molar-refractivity contribution is -0.182. The van der Waals surface area contributed by atoms with Crippen molar-refractivity contribution in [3.8, 4) is 0 Å². The second-order valence-corrected chi connectivity index (χ2v) is 8.68. The van der Waals surface area contributed by atoms with E-state index in [1.807, 2.05) is 6.07 Å². The average Bonchev–Trinajstić information content (AvgIpc) is 2.62. The molecule has 2 fully saturated rings. The first-order valence-electron chi connectivity index (χ1n) is 8.33. The molecular formula is C19H28ClNO. The van der Waals surface area contributed by atoms with E-state index >= 15 is 0 Å². The van der Waals surface area contributed by atoms with Crippen LogP contribution in [0.5, 0.6) is 0 Å². The van der Waals surface area contributed by atoms with Crippen LogP contribution in [0.25, 0.3) is 0 Å². The Kier molecular flexibility index (Phi) is 3.87. The van der Waals surface area contributed by atoms with Crippen molar-refractivity contribution in [1.29, 1.82) is 0 Å². The molecule has 3 rings (SSSR count). The zero-order valence-corrected chi connectivity index (χ0v) is 15.4. The molecule has 2 aliphatic rings. The second kappa shape index (κ2) is 5.22. The maximum atomic E-state index is 6.29. The van der Waals surface area contributed by atoms with Gasteiger partial charge in [0.05, 0.1) is 5.60 Å². The molecule has 1 heterocycles. The standard InChI is InChI=1S/C19H28ClNO/c1-12-7-8-14(20)9-15(12)19(5)10-13(2)17-16(11-19)18(3,4)22-21(17)6/h7-9,13,16-17H,10-11H2,1-6H3. The summed E-state index contributed by atoms with van der Waals surface area (Å²) in [6.45, 7) is 11.5. The third-order valence-electron chi connectivity index (χ3n) is 5.98. The molecule has 2 nitrogen and oxygen atoms in total. The fourth-order valence-electron chi connectivity index (χ4n) is 5.15. The lowest BCUT2D eigenvalue weighted by Crippen LogP contribution is -2.48. The van der Waals surface area contributed by atoms with E-state index in [0.29, 0.717) is 17.9 Å². The minimum absolute atomic E-state index is 0.0954. The monoisotopic (exact) mass is 321 g/mol. The van der Waals surface area contributed by atoms with Gasteiger partial charge < -0.3 is 0 Å². The SMILES string of the molecule is Cc1ccc(Cl)cc1C1(C)CC(C)C2C(C1)C(C)(C)ON2C. The van der Waals surface area contributed by atoms with Crippen LogP contribution in [0.4, 0.5) is 0 Å². The highest BCUT2D eigenvalue weighted by Gasteiger charge is 2.55. The van der Waals surface area contributed by atoms with E-state index in [9.17, 15) is 0 Å². The van der Waals surface area contributed by atoms with Gasteiger partial charge in [-0.3, -0.25) is 4.84 Å². The van der Waals surface area contributed by atoms with E-state index in [0.717, 1.165) is 11.4 Å². The summed E-state index contributed by atoms with van der Waals surface area (Å²) in [6.07, 6.45) is 2.33. The Morgan fingerprint density at radius 3 is 2.59 bits per heavy atom. The Hall–Kier alpha value is -0.570.